The van der Waals surface area contributed by atoms with Crippen LogP contribution in [-0.4, -0.2) is 62.4 Å². The van der Waals surface area contributed by atoms with E-state index in [4.69, 9.17) is 9.72 Å². The van der Waals surface area contributed by atoms with Gasteiger partial charge in [0.05, 0.1) is 25.4 Å². The summed E-state index contributed by atoms with van der Waals surface area (Å²) in [7, 11) is 1.68. The van der Waals surface area contributed by atoms with Crippen LogP contribution >= 0.6 is 0 Å². The van der Waals surface area contributed by atoms with Crippen molar-refractivity contribution in [1.29, 1.82) is 0 Å². The van der Waals surface area contributed by atoms with E-state index in [0.717, 1.165) is 43.3 Å². The van der Waals surface area contributed by atoms with Gasteiger partial charge in [0.1, 0.15) is 11.1 Å². The van der Waals surface area contributed by atoms with Crippen molar-refractivity contribution in [3.63, 3.8) is 0 Å². The smallest absolute Gasteiger partial charge is 0.278 e. The number of methoxy groups -OCH3 is 1. The summed E-state index contributed by atoms with van der Waals surface area (Å²) in [6.07, 6.45) is 5.48. The van der Waals surface area contributed by atoms with Gasteiger partial charge in [-0.05, 0) is 50.3 Å². The summed E-state index contributed by atoms with van der Waals surface area (Å²) in [5.41, 5.74) is 2.16. The lowest BCUT2D eigenvalue weighted by atomic mass is 9.73. The Morgan fingerprint density at radius 3 is 2.61 bits per heavy atom. The molecule has 0 aliphatic carbocycles. The molecule has 214 valence electrons. The molecule has 0 unspecified atom stereocenters. The lowest BCUT2D eigenvalue weighted by Gasteiger charge is -2.49. The maximum atomic E-state index is 13.3. The van der Waals surface area contributed by atoms with E-state index >= 15 is 0 Å². The average molecular weight is 558 g/mol. The largest absolute Gasteiger partial charge is 0.495 e. The summed E-state index contributed by atoms with van der Waals surface area (Å²) >= 11 is 0. The first-order valence-electron chi connectivity index (χ1n) is 13.9. The highest BCUT2D eigenvalue weighted by Crippen LogP contribution is 2.39. The lowest BCUT2D eigenvalue weighted by molar-refractivity contribution is 0.126. The van der Waals surface area contributed by atoms with Crippen molar-refractivity contribution in [2.75, 3.05) is 43.5 Å². The van der Waals surface area contributed by atoms with Crippen molar-refractivity contribution in [2.24, 2.45) is 5.41 Å². The molecule has 3 aromatic heterocycles. The van der Waals surface area contributed by atoms with Crippen LogP contribution in [0.25, 0.3) is 16.9 Å². The van der Waals surface area contributed by atoms with E-state index in [1.807, 2.05) is 26.0 Å². The monoisotopic (exact) mass is 557 g/mol. The fraction of sp³-hybridized carbons (Fsp3) is 0.414. The van der Waals surface area contributed by atoms with Gasteiger partial charge in [0, 0.05) is 50.2 Å². The Bertz CT molecular complexity index is 1720. The highest BCUT2D eigenvalue weighted by Gasteiger charge is 2.40. The number of nitrogens with zero attached hydrogens (tertiary/aromatic N) is 7. The third-order valence-corrected chi connectivity index (χ3v) is 8.10. The molecule has 2 N–H and O–H groups in total. The highest BCUT2D eigenvalue weighted by molar-refractivity contribution is 5.77. The van der Waals surface area contributed by atoms with Gasteiger partial charge in [-0.15, -0.1) is 11.7 Å². The fourth-order valence-electron chi connectivity index (χ4n) is 5.71. The number of ether oxygens (including phenoxy) is 1. The van der Waals surface area contributed by atoms with E-state index in [9.17, 15) is 9.59 Å². The van der Waals surface area contributed by atoms with Crippen LogP contribution in [-0.2, 0) is 6.54 Å². The fourth-order valence-corrected chi connectivity index (χ4v) is 5.71. The van der Waals surface area contributed by atoms with E-state index in [-0.39, 0.29) is 23.7 Å². The first-order chi connectivity index (χ1) is 19.8. The number of nitrogens with one attached hydrogen (secondary N) is 2. The molecule has 0 saturated carbocycles. The molecule has 12 nitrogen and oxygen atoms in total. The molecule has 2 aliphatic rings. The lowest BCUT2D eigenvalue weighted by Crippen LogP contribution is -2.58. The van der Waals surface area contributed by atoms with Crippen molar-refractivity contribution >= 4 is 28.4 Å². The van der Waals surface area contributed by atoms with Gasteiger partial charge in [-0.3, -0.25) is 9.59 Å². The van der Waals surface area contributed by atoms with Gasteiger partial charge in [0.2, 0.25) is 5.95 Å². The number of fused-ring (bicyclic) bond motifs is 1. The number of anilines is 3. The molecule has 0 atom stereocenters. The Balaban J connectivity index is 1.34. The number of hydrogen-bond donors (Lipinski definition) is 2. The summed E-state index contributed by atoms with van der Waals surface area (Å²) in [6.45, 7) is 12.0. The third kappa shape index (κ3) is 4.77. The van der Waals surface area contributed by atoms with Crippen molar-refractivity contribution in [2.45, 2.75) is 39.3 Å². The molecule has 41 heavy (non-hydrogen) atoms. The summed E-state index contributed by atoms with van der Waals surface area (Å²) in [5, 5.41) is 11.5. The van der Waals surface area contributed by atoms with Crippen LogP contribution in [0.1, 0.15) is 32.7 Å². The second-order valence-corrected chi connectivity index (χ2v) is 11.1. The average Bonchev–Trinajstić information content (AvgIpc) is 3.23. The number of piperidine rings is 1. The summed E-state index contributed by atoms with van der Waals surface area (Å²) in [5.74, 6) is 1.48. The standard InChI is InChI=1S/C29H35N9O3/c1-5-12-36-27(40)21-16-31-28(33-26(21)38(36)24-8-9-25(39)37(34-24)19(2)3)32-20-6-7-22(23(15-20)41-4)35-13-10-29(11-14-35)17-30-18-29/h5-9,15-16,19,30H,1,10-14,17-18H2,2-4H3,(H,31,32,33). The molecular formula is C29H35N9O3. The first kappa shape index (κ1) is 26.8. The Morgan fingerprint density at radius 2 is 1.95 bits per heavy atom. The zero-order valence-electron chi connectivity index (χ0n) is 23.6. The minimum Gasteiger partial charge on any atom is -0.495 e. The highest BCUT2D eigenvalue weighted by atomic mass is 16.5. The Hall–Kier alpha value is -4.45. The topological polar surface area (TPSA) is 124 Å². The molecule has 1 spiro atoms. The van der Waals surface area contributed by atoms with E-state index in [0.29, 0.717) is 28.2 Å². The van der Waals surface area contributed by atoms with Crippen LogP contribution in [0, 0.1) is 5.41 Å². The SMILES string of the molecule is C=CCn1c(=O)c2cnc(Nc3ccc(N4CCC5(CC4)CNC5)c(OC)c3)nc2n1-c1ccc(=O)n(C(C)C)n1. The molecule has 6 rings (SSSR count). The molecule has 2 fully saturated rings. The maximum Gasteiger partial charge on any atom is 0.278 e. The molecule has 0 radical (unpaired) electrons. The molecule has 2 aliphatic heterocycles. The van der Waals surface area contributed by atoms with Crippen LogP contribution in [0.15, 0.2) is 58.8 Å². The molecule has 4 aromatic rings. The van der Waals surface area contributed by atoms with Crippen LogP contribution < -0.4 is 31.4 Å². The number of benzene rings is 1. The number of allylic oxidation sites excluding steroid dienone is 1. The Morgan fingerprint density at radius 1 is 1.17 bits per heavy atom. The quantitative estimate of drug-likeness (QED) is 0.315. The van der Waals surface area contributed by atoms with Crippen molar-refractivity contribution in [3.8, 4) is 11.6 Å². The predicted octanol–water partition coefficient (Wildman–Crippen LogP) is 2.85. The second kappa shape index (κ2) is 10.5. The van der Waals surface area contributed by atoms with Crippen molar-refractivity contribution in [3.05, 3.63) is 69.9 Å². The zero-order chi connectivity index (χ0) is 28.7. The van der Waals surface area contributed by atoms with Crippen LogP contribution in [0.5, 0.6) is 5.75 Å². The molecule has 2 saturated heterocycles. The minimum absolute atomic E-state index is 0.157. The summed E-state index contributed by atoms with van der Waals surface area (Å²) < 4.78 is 10.2. The molecule has 0 amide bonds. The van der Waals surface area contributed by atoms with Crippen molar-refractivity contribution in [1.82, 2.24) is 34.4 Å². The predicted molar refractivity (Wildman–Crippen MR) is 159 cm³/mol. The van der Waals surface area contributed by atoms with Gasteiger partial charge in [0.15, 0.2) is 11.5 Å². The van der Waals surface area contributed by atoms with Crippen LogP contribution in [0.4, 0.5) is 17.3 Å². The van der Waals surface area contributed by atoms with Crippen molar-refractivity contribution < 1.29 is 4.74 Å². The van der Waals surface area contributed by atoms with Gasteiger partial charge >= 0.3 is 0 Å². The van der Waals surface area contributed by atoms with Gasteiger partial charge in [-0.2, -0.15) is 4.98 Å². The van der Waals surface area contributed by atoms with E-state index in [1.54, 1.807) is 23.9 Å². The Labute approximate surface area is 237 Å². The van der Waals surface area contributed by atoms with Crippen LogP contribution in [0.3, 0.4) is 0 Å². The van der Waals surface area contributed by atoms with Gasteiger partial charge in [-0.25, -0.2) is 19.0 Å². The Kier molecular flexibility index (Phi) is 6.86. The van der Waals surface area contributed by atoms with Gasteiger partial charge in [0.25, 0.3) is 11.1 Å². The first-order valence-corrected chi connectivity index (χ1v) is 13.9. The van der Waals surface area contributed by atoms with Crippen LogP contribution in [0.2, 0.25) is 0 Å². The second-order valence-electron chi connectivity index (χ2n) is 11.1. The summed E-state index contributed by atoms with van der Waals surface area (Å²) in [4.78, 5) is 37.2. The molecular weight excluding hydrogens is 522 g/mol. The number of rotatable bonds is 8. The molecule has 5 heterocycles. The summed E-state index contributed by atoms with van der Waals surface area (Å²) in [6, 6.07) is 8.85. The normalized spacial score (nSPS) is 16.2. The minimum atomic E-state index is -0.275. The van der Waals surface area contributed by atoms with Gasteiger partial charge < -0.3 is 20.3 Å². The number of aromatic nitrogens is 6. The number of hydrogen-bond acceptors (Lipinski definition) is 9. The zero-order valence-corrected chi connectivity index (χ0v) is 23.6. The van der Waals surface area contributed by atoms with E-state index in [1.165, 1.54) is 34.5 Å². The molecule has 0 bridgehead atoms. The van der Waals surface area contributed by atoms with Gasteiger partial charge in [-0.1, -0.05) is 6.08 Å². The van der Waals surface area contributed by atoms with E-state index < -0.39 is 0 Å². The van der Waals surface area contributed by atoms with E-state index in [2.05, 4.69) is 38.3 Å². The third-order valence-electron chi connectivity index (χ3n) is 8.10. The maximum absolute atomic E-state index is 13.3. The molecule has 1 aromatic carbocycles. The molecule has 12 heteroatoms.